The highest BCUT2D eigenvalue weighted by Gasteiger charge is 2.33. The van der Waals surface area contributed by atoms with Crippen molar-refractivity contribution in [3.8, 4) is 0 Å². The monoisotopic (exact) mass is 281 g/mol. The van der Waals surface area contributed by atoms with Gasteiger partial charge in [-0.05, 0) is 32.3 Å². The molecular formula is C13H15NO4S. The number of hydrogen-bond acceptors (Lipinski definition) is 4. The highest BCUT2D eigenvalue weighted by atomic mass is 32.1. The number of carbonyl (C=O) groups excluding carboxylic acids is 2. The van der Waals surface area contributed by atoms with Gasteiger partial charge in [0.25, 0.3) is 5.91 Å². The molecule has 6 heteroatoms. The molecule has 0 unspecified atom stereocenters. The summed E-state index contributed by atoms with van der Waals surface area (Å²) < 4.78 is 0. The van der Waals surface area contributed by atoms with Crippen molar-refractivity contribution in [2.24, 2.45) is 0 Å². The number of amides is 1. The van der Waals surface area contributed by atoms with Gasteiger partial charge in [0.2, 0.25) is 0 Å². The van der Waals surface area contributed by atoms with Crippen molar-refractivity contribution in [2.45, 2.75) is 32.2 Å². The van der Waals surface area contributed by atoms with Gasteiger partial charge in [0.15, 0.2) is 5.78 Å². The van der Waals surface area contributed by atoms with E-state index in [9.17, 15) is 14.4 Å². The quantitative estimate of drug-likeness (QED) is 0.860. The topological polar surface area (TPSA) is 74.7 Å². The van der Waals surface area contributed by atoms with Crippen molar-refractivity contribution in [1.82, 2.24) is 4.90 Å². The van der Waals surface area contributed by atoms with Gasteiger partial charge >= 0.3 is 5.97 Å². The third kappa shape index (κ3) is 2.84. The molecule has 102 valence electrons. The Balaban J connectivity index is 2.21. The van der Waals surface area contributed by atoms with Gasteiger partial charge in [-0.25, -0.2) is 4.79 Å². The predicted octanol–water partition coefficient (Wildman–Crippen LogP) is 2.03. The van der Waals surface area contributed by atoms with Gasteiger partial charge in [0.05, 0.1) is 4.88 Å². The Hall–Kier alpha value is -1.69. The highest BCUT2D eigenvalue weighted by molar-refractivity contribution is 7.12. The van der Waals surface area contributed by atoms with Crippen molar-refractivity contribution in [3.63, 3.8) is 0 Å². The molecule has 1 aromatic heterocycles. The van der Waals surface area contributed by atoms with Crippen molar-refractivity contribution >= 4 is 29.0 Å². The summed E-state index contributed by atoms with van der Waals surface area (Å²) in [5.74, 6) is -1.34. The zero-order chi connectivity index (χ0) is 14.0. The summed E-state index contributed by atoms with van der Waals surface area (Å²) in [4.78, 5) is 36.5. The first-order valence-corrected chi connectivity index (χ1v) is 7.02. The molecule has 0 radical (unpaired) electrons. The number of aliphatic carboxylic acids is 1. The van der Waals surface area contributed by atoms with Gasteiger partial charge in [0, 0.05) is 17.5 Å². The van der Waals surface area contributed by atoms with E-state index in [4.69, 9.17) is 5.11 Å². The van der Waals surface area contributed by atoms with Crippen LogP contribution in [0.25, 0.3) is 0 Å². The van der Waals surface area contributed by atoms with Crippen LogP contribution in [0.15, 0.2) is 11.4 Å². The summed E-state index contributed by atoms with van der Waals surface area (Å²) in [6.07, 6.45) is 2.14. The minimum absolute atomic E-state index is 0.0938. The number of carboxylic acid groups (broad SMARTS) is 1. The minimum Gasteiger partial charge on any atom is -0.480 e. The normalized spacial score (nSPS) is 19.2. The summed E-state index contributed by atoms with van der Waals surface area (Å²) in [6.45, 7) is 1.90. The number of ketones is 1. The molecular weight excluding hydrogens is 266 g/mol. The number of nitrogens with zero attached hydrogens (tertiary/aromatic N) is 1. The molecule has 2 heterocycles. The molecule has 1 fully saturated rings. The molecule has 0 saturated carbocycles. The molecule has 0 spiro atoms. The van der Waals surface area contributed by atoms with E-state index in [2.05, 4.69) is 0 Å². The maximum Gasteiger partial charge on any atom is 0.326 e. The summed E-state index contributed by atoms with van der Waals surface area (Å²) in [6, 6.07) is 0.798. The lowest BCUT2D eigenvalue weighted by atomic mass is 10.0. The van der Waals surface area contributed by atoms with Crippen molar-refractivity contribution in [1.29, 1.82) is 0 Å². The molecule has 2 rings (SSSR count). The maximum atomic E-state index is 12.3. The van der Waals surface area contributed by atoms with E-state index in [1.54, 1.807) is 11.4 Å². The smallest absolute Gasteiger partial charge is 0.326 e. The van der Waals surface area contributed by atoms with E-state index in [-0.39, 0.29) is 11.7 Å². The lowest BCUT2D eigenvalue weighted by Crippen LogP contribution is -2.47. The Morgan fingerprint density at radius 2 is 2.11 bits per heavy atom. The Morgan fingerprint density at radius 1 is 1.37 bits per heavy atom. The lowest BCUT2D eigenvalue weighted by Gasteiger charge is -2.32. The number of likely N-dealkylation sites (tertiary alicyclic amines) is 1. The van der Waals surface area contributed by atoms with Crippen LogP contribution in [0.5, 0.6) is 0 Å². The predicted molar refractivity (Wildman–Crippen MR) is 70.6 cm³/mol. The van der Waals surface area contributed by atoms with E-state index in [1.807, 2.05) is 0 Å². The number of rotatable bonds is 3. The molecule has 1 aromatic rings. The zero-order valence-electron chi connectivity index (χ0n) is 10.6. The Labute approximate surface area is 114 Å². The van der Waals surface area contributed by atoms with Gasteiger partial charge < -0.3 is 10.0 Å². The molecule has 0 bridgehead atoms. The SMILES string of the molecule is CC(=O)c1csc(C(=O)N2CCCC[C@@H]2C(=O)O)c1. The van der Waals surface area contributed by atoms with Crippen LogP contribution < -0.4 is 0 Å². The van der Waals surface area contributed by atoms with Gasteiger partial charge in [-0.15, -0.1) is 11.3 Å². The van der Waals surface area contributed by atoms with Crippen LogP contribution in [0.1, 0.15) is 46.2 Å². The van der Waals surface area contributed by atoms with Crippen molar-refractivity contribution in [3.05, 3.63) is 21.9 Å². The number of piperidine rings is 1. The highest BCUT2D eigenvalue weighted by Crippen LogP contribution is 2.23. The van der Waals surface area contributed by atoms with Crippen molar-refractivity contribution < 1.29 is 19.5 Å². The summed E-state index contributed by atoms with van der Waals surface area (Å²) in [7, 11) is 0. The van der Waals surface area contributed by atoms with Crippen LogP contribution in [-0.2, 0) is 4.79 Å². The number of carboxylic acids is 1. The molecule has 1 aliphatic heterocycles. The largest absolute Gasteiger partial charge is 0.480 e. The summed E-state index contributed by atoms with van der Waals surface area (Å²) in [5.41, 5.74) is 0.497. The third-order valence-electron chi connectivity index (χ3n) is 3.27. The van der Waals surface area contributed by atoms with E-state index in [1.165, 1.54) is 23.2 Å². The fourth-order valence-corrected chi connectivity index (χ4v) is 3.11. The van der Waals surface area contributed by atoms with Crippen LogP contribution in [-0.4, -0.2) is 40.3 Å². The Kier molecular flexibility index (Phi) is 3.99. The van der Waals surface area contributed by atoms with E-state index in [0.29, 0.717) is 23.4 Å². The van der Waals surface area contributed by atoms with Crippen LogP contribution >= 0.6 is 11.3 Å². The van der Waals surface area contributed by atoms with Crippen LogP contribution in [0.3, 0.4) is 0 Å². The fourth-order valence-electron chi connectivity index (χ4n) is 2.21. The van der Waals surface area contributed by atoms with Gasteiger partial charge in [-0.2, -0.15) is 0 Å². The summed E-state index contributed by atoms with van der Waals surface area (Å²) in [5, 5.41) is 10.8. The van der Waals surface area contributed by atoms with E-state index in [0.717, 1.165) is 12.8 Å². The zero-order valence-corrected chi connectivity index (χ0v) is 11.4. The van der Waals surface area contributed by atoms with Crippen LogP contribution in [0.2, 0.25) is 0 Å². The molecule has 5 nitrogen and oxygen atoms in total. The number of Topliss-reactive ketones (excluding diaryl/α,β-unsaturated/α-hetero) is 1. The number of hydrogen-bond donors (Lipinski definition) is 1. The molecule has 1 amide bonds. The molecule has 0 aromatic carbocycles. The summed E-state index contributed by atoms with van der Waals surface area (Å²) >= 11 is 1.19. The third-order valence-corrected chi connectivity index (χ3v) is 4.18. The molecule has 0 aliphatic carbocycles. The first-order chi connectivity index (χ1) is 9.00. The first-order valence-electron chi connectivity index (χ1n) is 6.14. The van der Waals surface area contributed by atoms with Gasteiger partial charge in [-0.3, -0.25) is 9.59 Å². The average Bonchev–Trinajstić information content (AvgIpc) is 2.87. The van der Waals surface area contributed by atoms with Gasteiger partial charge in [-0.1, -0.05) is 0 Å². The standard InChI is InChI=1S/C13H15NO4S/c1-8(15)9-6-11(19-7-9)12(16)14-5-3-2-4-10(14)13(17)18/h6-7,10H,2-5H2,1H3,(H,17,18)/t10-/m1/s1. The van der Waals surface area contributed by atoms with Crippen LogP contribution in [0.4, 0.5) is 0 Å². The molecule has 1 aliphatic rings. The molecule has 1 atom stereocenters. The van der Waals surface area contributed by atoms with E-state index >= 15 is 0 Å². The van der Waals surface area contributed by atoms with E-state index < -0.39 is 12.0 Å². The minimum atomic E-state index is -0.962. The van der Waals surface area contributed by atoms with Gasteiger partial charge in [0.1, 0.15) is 6.04 Å². The van der Waals surface area contributed by atoms with Crippen molar-refractivity contribution in [2.75, 3.05) is 6.54 Å². The second kappa shape index (κ2) is 5.52. The Bertz CT molecular complexity index is 522. The number of thiophene rings is 1. The lowest BCUT2D eigenvalue weighted by molar-refractivity contribution is -0.143. The fraction of sp³-hybridized carbons (Fsp3) is 0.462. The average molecular weight is 281 g/mol. The first kappa shape index (κ1) is 13.7. The Morgan fingerprint density at radius 3 is 2.68 bits per heavy atom. The van der Waals surface area contributed by atoms with Crippen LogP contribution in [0, 0.1) is 0 Å². The molecule has 1 saturated heterocycles. The maximum absolute atomic E-state index is 12.3. The second-order valence-corrected chi connectivity index (χ2v) is 5.52. The second-order valence-electron chi connectivity index (χ2n) is 4.60. The molecule has 19 heavy (non-hydrogen) atoms. The number of carbonyl (C=O) groups is 3. The molecule has 1 N–H and O–H groups in total.